The van der Waals surface area contributed by atoms with Gasteiger partial charge in [0.15, 0.2) is 0 Å². The summed E-state index contributed by atoms with van der Waals surface area (Å²) in [5.74, 6) is -26.0. The maximum atomic E-state index is 12.4. The Hall–Kier alpha value is -0.740. The van der Waals surface area contributed by atoms with E-state index in [1.807, 2.05) is 0 Å². The Kier molecular flexibility index (Phi) is 3.99. The average molecular weight is 281 g/mol. The van der Waals surface area contributed by atoms with Crippen molar-refractivity contribution in [1.82, 2.24) is 0 Å². The van der Waals surface area contributed by atoms with Crippen LogP contribution in [0, 0.1) is 0 Å². The second-order valence-corrected chi connectivity index (χ2v) is 2.98. The lowest BCUT2D eigenvalue weighted by Crippen LogP contribution is -2.65. The fourth-order valence-corrected chi connectivity index (χ4v) is 0.704. The van der Waals surface area contributed by atoms with E-state index in [-0.39, 0.29) is 0 Å². The van der Waals surface area contributed by atoms with Crippen LogP contribution in [0.25, 0.3) is 0 Å². The molecule has 0 atom stereocenters. The van der Waals surface area contributed by atoms with Crippen LogP contribution in [-0.4, -0.2) is 36.7 Å². The van der Waals surface area contributed by atoms with Crippen LogP contribution in [0.1, 0.15) is 0 Å². The van der Waals surface area contributed by atoms with E-state index >= 15 is 0 Å². The van der Waals surface area contributed by atoms with E-state index in [1.54, 1.807) is 0 Å². The van der Waals surface area contributed by atoms with Gasteiger partial charge in [0.25, 0.3) is 0 Å². The van der Waals surface area contributed by atoms with E-state index in [0.29, 0.717) is 0 Å². The normalized spacial score (nSPS) is 15.5. The summed E-state index contributed by atoms with van der Waals surface area (Å²) >= 11 is 0. The first-order valence-electron chi connectivity index (χ1n) is 3.75. The summed E-state index contributed by atoms with van der Waals surface area (Å²) in [5.41, 5.74) is 4.01. The number of rotatable bonds is 5. The van der Waals surface area contributed by atoms with Crippen LogP contribution in [0.5, 0.6) is 0 Å². The lowest BCUT2D eigenvalue weighted by molar-refractivity contribution is -0.381. The zero-order valence-corrected chi connectivity index (χ0v) is 7.64. The Bertz CT molecular complexity index is 272. The molecule has 0 saturated heterocycles. The Balaban J connectivity index is 5.61. The minimum absolute atomic E-state index is 2.41. The summed E-state index contributed by atoms with van der Waals surface area (Å²) in [6.45, 7) is -2.41. The molecule has 0 saturated carbocycles. The molecular formula is C6H5F10N. The van der Waals surface area contributed by atoms with Crippen LogP contribution in [0.2, 0.25) is 0 Å². The minimum atomic E-state index is -6.95. The minimum Gasteiger partial charge on any atom is -0.325 e. The van der Waals surface area contributed by atoms with Crippen molar-refractivity contribution in [3.8, 4) is 0 Å². The molecule has 0 aliphatic heterocycles. The molecule has 0 unspecified atom stereocenters. The zero-order valence-electron chi connectivity index (χ0n) is 7.64. The summed E-state index contributed by atoms with van der Waals surface area (Å²) in [6.07, 6.45) is -5.24. The Morgan fingerprint density at radius 2 is 1.12 bits per heavy atom. The number of hydrogen-bond donors (Lipinski definition) is 1. The third-order valence-corrected chi connectivity index (χ3v) is 1.80. The Labute approximate surface area is 87.6 Å². The first kappa shape index (κ1) is 16.3. The van der Waals surface area contributed by atoms with Gasteiger partial charge in [-0.1, -0.05) is 0 Å². The summed E-state index contributed by atoms with van der Waals surface area (Å²) in [5, 5.41) is 0. The van der Waals surface area contributed by atoms with Crippen LogP contribution in [0.3, 0.4) is 0 Å². The van der Waals surface area contributed by atoms with Crippen molar-refractivity contribution >= 4 is 0 Å². The molecule has 0 rings (SSSR count). The van der Waals surface area contributed by atoms with Gasteiger partial charge in [-0.2, -0.15) is 35.1 Å². The molecular weight excluding hydrogens is 276 g/mol. The molecule has 11 heteroatoms. The number of alkyl halides is 10. The van der Waals surface area contributed by atoms with Crippen LogP contribution in [-0.2, 0) is 0 Å². The molecule has 0 aromatic heterocycles. The lowest BCUT2D eigenvalue weighted by atomic mass is 9.99. The summed E-state index contributed by atoms with van der Waals surface area (Å²) in [4.78, 5) is 0. The van der Waals surface area contributed by atoms with Gasteiger partial charge in [-0.05, 0) is 0 Å². The second-order valence-electron chi connectivity index (χ2n) is 2.98. The van der Waals surface area contributed by atoms with E-state index in [1.165, 1.54) is 0 Å². The standard InChI is InChI=1S/C6H5F10N/c7-2(8)4(11,12)6(15,16)5(13,14)3(9,10)1-17/h2H,1,17H2. The fourth-order valence-electron chi connectivity index (χ4n) is 0.704. The highest BCUT2D eigenvalue weighted by molar-refractivity contribution is 5.04. The summed E-state index contributed by atoms with van der Waals surface area (Å²) in [7, 11) is 0. The van der Waals surface area contributed by atoms with E-state index < -0.39 is 36.7 Å². The molecule has 0 radical (unpaired) electrons. The predicted molar refractivity (Wildman–Crippen MR) is 34.8 cm³/mol. The van der Waals surface area contributed by atoms with Gasteiger partial charge in [-0.25, -0.2) is 8.78 Å². The molecule has 1 nitrogen and oxygen atoms in total. The number of nitrogens with two attached hydrogens (primary N) is 1. The summed E-state index contributed by atoms with van der Waals surface area (Å²) < 4.78 is 121. The summed E-state index contributed by atoms with van der Waals surface area (Å²) in [6, 6.07) is 0. The highest BCUT2D eigenvalue weighted by atomic mass is 19.4. The van der Waals surface area contributed by atoms with Gasteiger partial charge in [-0.3, -0.25) is 0 Å². The van der Waals surface area contributed by atoms with E-state index in [9.17, 15) is 43.9 Å². The van der Waals surface area contributed by atoms with Gasteiger partial charge >= 0.3 is 30.1 Å². The molecule has 0 aliphatic rings. The first-order valence-corrected chi connectivity index (χ1v) is 3.75. The van der Waals surface area contributed by atoms with Crippen molar-refractivity contribution in [2.45, 2.75) is 30.1 Å². The van der Waals surface area contributed by atoms with E-state index in [4.69, 9.17) is 0 Å². The Morgan fingerprint density at radius 3 is 1.35 bits per heavy atom. The molecule has 0 bridgehead atoms. The lowest BCUT2D eigenvalue weighted by Gasteiger charge is -2.35. The van der Waals surface area contributed by atoms with Gasteiger partial charge in [0.1, 0.15) is 0 Å². The van der Waals surface area contributed by atoms with Crippen LogP contribution >= 0.6 is 0 Å². The first-order chi connectivity index (χ1) is 7.25. The highest BCUT2D eigenvalue weighted by Crippen LogP contribution is 2.53. The molecule has 0 aromatic rings. The van der Waals surface area contributed by atoms with E-state index in [2.05, 4.69) is 5.73 Å². The molecule has 0 spiro atoms. The van der Waals surface area contributed by atoms with Crippen LogP contribution in [0.15, 0.2) is 0 Å². The largest absolute Gasteiger partial charge is 0.384 e. The second kappa shape index (κ2) is 4.18. The molecule has 2 N–H and O–H groups in total. The average Bonchev–Trinajstić information content (AvgIpc) is 2.16. The quantitative estimate of drug-likeness (QED) is 0.770. The maximum absolute atomic E-state index is 12.4. The van der Waals surface area contributed by atoms with Crippen molar-refractivity contribution in [3.05, 3.63) is 0 Å². The zero-order chi connectivity index (χ0) is 14.3. The molecule has 0 aliphatic carbocycles. The van der Waals surface area contributed by atoms with Crippen molar-refractivity contribution in [3.63, 3.8) is 0 Å². The topological polar surface area (TPSA) is 26.0 Å². The molecule has 0 amide bonds. The van der Waals surface area contributed by atoms with Gasteiger partial charge in [0.05, 0.1) is 6.54 Å². The Morgan fingerprint density at radius 1 is 0.765 bits per heavy atom. The van der Waals surface area contributed by atoms with Crippen molar-refractivity contribution in [2.75, 3.05) is 6.54 Å². The van der Waals surface area contributed by atoms with Crippen molar-refractivity contribution < 1.29 is 43.9 Å². The number of halogens is 10. The fraction of sp³-hybridized carbons (Fsp3) is 1.00. The third-order valence-electron chi connectivity index (χ3n) is 1.80. The SMILES string of the molecule is NCC(F)(F)C(F)(F)C(F)(F)C(F)(F)C(F)F. The predicted octanol–water partition coefficient (Wildman–Crippen LogP) is 2.75. The van der Waals surface area contributed by atoms with Gasteiger partial charge < -0.3 is 5.73 Å². The van der Waals surface area contributed by atoms with Crippen LogP contribution < -0.4 is 5.73 Å². The van der Waals surface area contributed by atoms with Gasteiger partial charge in [0, 0.05) is 0 Å². The highest BCUT2D eigenvalue weighted by Gasteiger charge is 2.82. The molecule has 0 aromatic carbocycles. The monoisotopic (exact) mass is 281 g/mol. The maximum Gasteiger partial charge on any atom is 0.384 e. The van der Waals surface area contributed by atoms with E-state index in [0.717, 1.165) is 0 Å². The molecule has 17 heavy (non-hydrogen) atoms. The molecule has 0 fully saturated rings. The smallest absolute Gasteiger partial charge is 0.325 e. The molecule has 0 heterocycles. The van der Waals surface area contributed by atoms with Crippen molar-refractivity contribution in [1.29, 1.82) is 0 Å². The van der Waals surface area contributed by atoms with Gasteiger partial charge in [-0.15, -0.1) is 0 Å². The number of hydrogen-bond acceptors (Lipinski definition) is 1. The van der Waals surface area contributed by atoms with Crippen LogP contribution in [0.4, 0.5) is 43.9 Å². The van der Waals surface area contributed by atoms with Crippen molar-refractivity contribution in [2.24, 2.45) is 5.73 Å². The van der Waals surface area contributed by atoms with Gasteiger partial charge in [0.2, 0.25) is 0 Å². The molecule has 104 valence electrons. The third kappa shape index (κ3) is 2.16.